The number of amides is 1. The third-order valence-corrected chi connectivity index (χ3v) is 10.4. The van der Waals surface area contributed by atoms with Crippen molar-refractivity contribution >= 4 is 20.1 Å². The van der Waals surface area contributed by atoms with Crippen molar-refractivity contribution in [1.29, 1.82) is 0 Å². The summed E-state index contributed by atoms with van der Waals surface area (Å²) < 4.78 is 11.9. The van der Waals surface area contributed by atoms with Crippen LogP contribution >= 0.6 is 0 Å². The number of aliphatic hydroxyl groups excluding tert-OH is 1. The van der Waals surface area contributed by atoms with E-state index < -0.39 is 19.3 Å². The van der Waals surface area contributed by atoms with Gasteiger partial charge in [-0.1, -0.05) is 20.8 Å². The molecular formula is C20H32N2O6Si. The fraction of sp³-hybridized carbons (Fsp3) is 0.650. The highest BCUT2D eigenvalue weighted by Gasteiger charge is 2.43. The molecule has 8 nitrogen and oxygen atoms in total. The number of non-ortho nitro benzene ring substituents is 1. The van der Waals surface area contributed by atoms with E-state index in [2.05, 4.69) is 33.9 Å². The van der Waals surface area contributed by atoms with E-state index in [1.165, 1.54) is 12.1 Å². The lowest BCUT2D eigenvalue weighted by molar-refractivity contribution is -0.384. The van der Waals surface area contributed by atoms with E-state index in [4.69, 9.17) is 9.16 Å². The summed E-state index contributed by atoms with van der Waals surface area (Å²) in [4.78, 5) is 24.6. The van der Waals surface area contributed by atoms with E-state index in [1.54, 1.807) is 17.0 Å². The molecule has 0 radical (unpaired) electrons. The molecule has 1 aliphatic rings. The number of ether oxygens (including phenoxy) is 1. The molecule has 0 bridgehead atoms. The van der Waals surface area contributed by atoms with Crippen molar-refractivity contribution in [3.8, 4) is 0 Å². The van der Waals surface area contributed by atoms with Crippen molar-refractivity contribution in [3.05, 3.63) is 39.9 Å². The van der Waals surface area contributed by atoms with Crippen molar-refractivity contribution < 1.29 is 24.0 Å². The molecule has 1 aliphatic heterocycles. The number of nitro groups is 1. The minimum atomic E-state index is -1.97. The quantitative estimate of drug-likeness (QED) is 0.402. The van der Waals surface area contributed by atoms with Gasteiger partial charge in [-0.3, -0.25) is 10.1 Å². The van der Waals surface area contributed by atoms with Crippen molar-refractivity contribution in [2.24, 2.45) is 0 Å². The Balaban J connectivity index is 1.99. The minimum Gasteiger partial charge on any atom is -0.445 e. The van der Waals surface area contributed by atoms with E-state index >= 15 is 0 Å². The fourth-order valence-electron chi connectivity index (χ4n) is 3.14. The first-order valence-electron chi connectivity index (χ1n) is 9.90. The summed E-state index contributed by atoms with van der Waals surface area (Å²) in [6, 6.07) is 5.79. The van der Waals surface area contributed by atoms with Crippen LogP contribution in [-0.4, -0.2) is 54.6 Å². The summed E-state index contributed by atoms with van der Waals surface area (Å²) in [6.07, 6.45) is 0.631. The second-order valence-electron chi connectivity index (χ2n) is 9.03. The average Bonchev–Trinajstić information content (AvgIpc) is 3.01. The molecule has 0 spiro atoms. The topological polar surface area (TPSA) is 102 Å². The van der Waals surface area contributed by atoms with Gasteiger partial charge in [-0.05, 0) is 48.7 Å². The summed E-state index contributed by atoms with van der Waals surface area (Å²) in [5.41, 5.74) is 0.671. The van der Waals surface area contributed by atoms with Gasteiger partial charge < -0.3 is 19.2 Å². The first-order chi connectivity index (χ1) is 13.4. The van der Waals surface area contributed by atoms with Gasteiger partial charge in [0, 0.05) is 31.3 Å². The maximum Gasteiger partial charge on any atom is 0.410 e. The van der Waals surface area contributed by atoms with E-state index in [0.717, 1.165) is 0 Å². The molecule has 1 aromatic rings. The smallest absolute Gasteiger partial charge is 0.410 e. The van der Waals surface area contributed by atoms with E-state index in [9.17, 15) is 20.0 Å². The van der Waals surface area contributed by atoms with Crippen LogP contribution in [0.1, 0.15) is 39.2 Å². The predicted octanol–water partition coefficient (Wildman–Crippen LogP) is 4.08. The van der Waals surface area contributed by atoms with E-state index in [0.29, 0.717) is 24.9 Å². The summed E-state index contributed by atoms with van der Waals surface area (Å²) in [5.74, 6) is 0. The van der Waals surface area contributed by atoms with Crippen LogP contribution in [0.15, 0.2) is 24.3 Å². The lowest BCUT2D eigenvalue weighted by Gasteiger charge is -2.38. The molecule has 0 unspecified atom stereocenters. The highest BCUT2D eigenvalue weighted by molar-refractivity contribution is 6.74. The van der Waals surface area contributed by atoms with Crippen LogP contribution in [0.2, 0.25) is 18.1 Å². The van der Waals surface area contributed by atoms with Crippen molar-refractivity contribution in [2.45, 2.75) is 70.5 Å². The lowest BCUT2D eigenvalue weighted by Crippen LogP contribution is -2.44. The molecule has 162 valence electrons. The van der Waals surface area contributed by atoms with Crippen molar-refractivity contribution in [3.63, 3.8) is 0 Å². The van der Waals surface area contributed by atoms with Crippen LogP contribution in [0.4, 0.5) is 10.5 Å². The zero-order valence-corrected chi connectivity index (χ0v) is 18.9. The van der Waals surface area contributed by atoms with Gasteiger partial charge in [0.25, 0.3) is 5.69 Å². The van der Waals surface area contributed by atoms with Crippen LogP contribution in [0.5, 0.6) is 0 Å². The number of aliphatic hydroxyl groups is 1. The van der Waals surface area contributed by atoms with Gasteiger partial charge in [0.1, 0.15) is 6.61 Å². The Labute approximate surface area is 173 Å². The van der Waals surface area contributed by atoms with Gasteiger partial charge >= 0.3 is 6.09 Å². The Bertz CT molecular complexity index is 717. The molecule has 2 rings (SSSR count). The third-order valence-electron chi connectivity index (χ3n) is 5.85. The maximum atomic E-state index is 12.7. The molecule has 1 amide bonds. The van der Waals surface area contributed by atoms with Crippen LogP contribution in [-0.2, 0) is 15.8 Å². The molecule has 2 atom stereocenters. The summed E-state index contributed by atoms with van der Waals surface area (Å²) in [5, 5.41) is 20.2. The Morgan fingerprint density at radius 3 is 2.45 bits per heavy atom. The first kappa shape index (κ1) is 23.3. The third kappa shape index (κ3) is 6.00. The minimum absolute atomic E-state index is 0.00625. The second kappa shape index (κ2) is 9.23. The van der Waals surface area contributed by atoms with Gasteiger partial charge in [-0.15, -0.1) is 0 Å². The van der Waals surface area contributed by atoms with Gasteiger partial charge in [0.05, 0.1) is 11.0 Å². The number of hydrogen-bond donors (Lipinski definition) is 1. The van der Waals surface area contributed by atoms with Gasteiger partial charge in [0.2, 0.25) is 0 Å². The summed E-state index contributed by atoms with van der Waals surface area (Å²) >= 11 is 0. The molecule has 0 aliphatic carbocycles. The second-order valence-corrected chi connectivity index (χ2v) is 13.8. The highest BCUT2D eigenvalue weighted by atomic mass is 28.4. The SMILES string of the molecule is CC(C)(C)[Si](C)(C)O[C@@H]1C[C@@H](CCO)N(C(=O)OCc2ccc([N+](=O)[O-])cc2)C1. The van der Waals surface area contributed by atoms with Gasteiger partial charge in [-0.25, -0.2) is 4.79 Å². The number of nitrogens with zero attached hydrogens (tertiary/aromatic N) is 2. The van der Waals surface area contributed by atoms with Crippen LogP contribution in [0.25, 0.3) is 0 Å². The fourth-order valence-corrected chi connectivity index (χ4v) is 4.50. The maximum absolute atomic E-state index is 12.7. The number of rotatable bonds is 7. The monoisotopic (exact) mass is 424 g/mol. The Kier molecular flexibility index (Phi) is 7.42. The van der Waals surface area contributed by atoms with Gasteiger partial charge in [0.15, 0.2) is 8.32 Å². The Morgan fingerprint density at radius 1 is 1.31 bits per heavy atom. The standard InChI is InChI=1S/C20H32N2O6Si/c1-20(2,3)29(4,5)28-18-12-17(10-11-23)21(13-18)19(24)27-14-15-6-8-16(9-7-15)22(25)26/h6-9,17-18,23H,10-14H2,1-5H3/t17-,18-/m1/s1. The van der Waals surface area contributed by atoms with Crippen molar-refractivity contribution in [2.75, 3.05) is 13.2 Å². The highest BCUT2D eigenvalue weighted by Crippen LogP contribution is 2.39. The largest absolute Gasteiger partial charge is 0.445 e. The number of nitro benzene ring substituents is 1. The Hall–Kier alpha value is -1.97. The lowest BCUT2D eigenvalue weighted by atomic mass is 10.1. The van der Waals surface area contributed by atoms with E-state index in [1.807, 2.05) is 0 Å². The molecule has 29 heavy (non-hydrogen) atoms. The number of hydrogen-bond acceptors (Lipinski definition) is 6. The molecule has 9 heteroatoms. The van der Waals surface area contributed by atoms with Gasteiger partial charge in [-0.2, -0.15) is 0 Å². The number of carbonyl (C=O) groups excluding carboxylic acids is 1. The Morgan fingerprint density at radius 2 is 1.93 bits per heavy atom. The molecule has 1 saturated heterocycles. The summed E-state index contributed by atoms with van der Waals surface area (Å²) in [7, 11) is -1.97. The first-order valence-corrected chi connectivity index (χ1v) is 12.8. The zero-order valence-electron chi connectivity index (χ0n) is 17.9. The van der Waals surface area contributed by atoms with Crippen LogP contribution in [0, 0.1) is 10.1 Å². The molecule has 1 heterocycles. The summed E-state index contributed by atoms with van der Waals surface area (Å²) in [6.45, 7) is 11.4. The van der Waals surface area contributed by atoms with Crippen LogP contribution < -0.4 is 0 Å². The molecule has 0 aromatic heterocycles. The molecular weight excluding hydrogens is 392 g/mol. The number of carbonyl (C=O) groups is 1. The zero-order chi connectivity index (χ0) is 21.8. The van der Waals surface area contributed by atoms with Crippen molar-refractivity contribution in [1.82, 2.24) is 4.90 Å². The molecule has 1 N–H and O–H groups in total. The van der Waals surface area contributed by atoms with Crippen LogP contribution in [0.3, 0.4) is 0 Å². The normalized spacial score (nSPS) is 20.0. The predicted molar refractivity (Wildman–Crippen MR) is 112 cm³/mol. The molecule has 0 saturated carbocycles. The number of benzene rings is 1. The van der Waals surface area contributed by atoms with E-state index in [-0.39, 0.29) is 36.1 Å². The number of likely N-dealkylation sites (tertiary alicyclic amines) is 1. The average molecular weight is 425 g/mol. The molecule has 1 aromatic carbocycles. The molecule has 1 fully saturated rings.